The van der Waals surface area contributed by atoms with Crippen LogP contribution in [0.25, 0.3) is 0 Å². The molecule has 0 aliphatic heterocycles. The summed E-state index contributed by atoms with van der Waals surface area (Å²) in [5, 5.41) is 0. The normalized spacial score (nSPS) is 51.7. The first-order chi connectivity index (χ1) is 11.1. The fraction of sp³-hybridized carbons (Fsp3) is 0.864. The summed E-state index contributed by atoms with van der Waals surface area (Å²) in [7, 11) is 0. The lowest BCUT2D eigenvalue weighted by atomic mass is 9.44. The van der Waals surface area contributed by atoms with Gasteiger partial charge in [0.25, 0.3) is 0 Å². The SMILES string of the molecule is C[C@@]12CCC[C@H]1[C@@H]1CCC3C(C=C=C=O)CCC[C@]3(C)[C@H]1CC2. The molecule has 4 fully saturated rings. The maximum atomic E-state index is 10.6. The van der Waals surface area contributed by atoms with Crippen molar-refractivity contribution in [2.45, 2.75) is 78.1 Å². The van der Waals surface area contributed by atoms with Gasteiger partial charge in [0.15, 0.2) is 5.94 Å². The summed E-state index contributed by atoms with van der Waals surface area (Å²) in [6, 6.07) is 0. The van der Waals surface area contributed by atoms with Crippen LogP contribution in [-0.2, 0) is 4.79 Å². The van der Waals surface area contributed by atoms with Crippen molar-refractivity contribution in [2.75, 3.05) is 0 Å². The Labute approximate surface area is 141 Å². The lowest BCUT2D eigenvalue weighted by Crippen LogP contribution is -2.53. The van der Waals surface area contributed by atoms with Gasteiger partial charge in [-0.15, -0.1) is 0 Å². The quantitative estimate of drug-likeness (QED) is 0.456. The van der Waals surface area contributed by atoms with E-state index in [-0.39, 0.29) is 0 Å². The molecule has 0 saturated heterocycles. The van der Waals surface area contributed by atoms with Crippen LogP contribution in [0.3, 0.4) is 0 Å². The van der Waals surface area contributed by atoms with E-state index in [1.165, 1.54) is 64.2 Å². The zero-order valence-electron chi connectivity index (χ0n) is 14.9. The average molecular weight is 312 g/mol. The smallest absolute Gasteiger partial charge is 0.176 e. The van der Waals surface area contributed by atoms with Crippen molar-refractivity contribution < 1.29 is 4.79 Å². The molecule has 7 atom stereocenters. The highest BCUT2D eigenvalue weighted by Crippen LogP contribution is 2.66. The fourth-order valence-electron chi connectivity index (χ4n) is 7.81. The lowest BCUT2D eigenvalue weighted by Gasteiger charge is -2.61. The number of allylic oxidation sites excluding steroid dienone is 1. The molecule has 4 saturated carbocycles. The van der Waals surface area contributed by atoms with Crippen LogP contribution in [0.15, 0.2) is 11.8 Å². The maximum absolute atomic E-state index is 10.6. The van der Waals surface area contributed by atoms with Gasteiger partial charge in [0.2, 0.25) is 0 Å². The van der Waals surface area contributed by atoms with Gasteiger partial charge in [-0.1, -0.05) is 26.7 Å². The van der Waals surface area contributed by atoms with Gasteiger partial charge in [0.1, 0.15) is 0 Å². The Kier molecular flexibility index (Phi) is 3.86. The Morgan fingerprint density at radius 2 is 1.70 bits per heavy atom. The number of carbonyl (C=O) groups excluding carboxylic acids is 1. The second-order valence-corrected chi connectivity index (χ2v) is 9.62. The minimum Gasteiger partial charge on any atom is -0.224 e. The largest absolute Gasteiger partial charge is 0.224 e. The minimum atomic E-state index is 0.511. The van der Waals surface area contributed by atoms with Crippen LogP contribution >= 0.6 is 0 Å². The molecule has 4 aliphatic rings. The van der Waals surface area contributed by atoms with Gasteiger partial charge >= 0.3 is 0 Å². The van der Waals surface area contributed by atoms with Gasteiger partial charge in [0.05, 0.1) is 0 Å². The Morgan fingerprint density at radius 1 is 0.870 bits per heavy atom. The van der Waals surface area contributed by atoms with E-state index in [0.717, 1.165) is 23.7 Å². The zero-order chi connectivity index (χ0) is 16.1. The molecule has 4 rings (SSSR count). The van der Waals surface area contributed by atoms with Crippen LogP contribution in [0.1, 0.15) is 78.1 Å². The molecule has 126 valence electrons. The first-order valence-electron chi connectivity index (χ1n) is 10.0. The number of hydrogen-bond donors (Lipinski definition) is 0. The lowest BCUT2D eigenvalue weighted by molar-refractivity contribution is -0.114. The molecule has 4 aliphatic carbocycles. The second kappa shape index (κ2) is 5.65. The summed E-state index contributed by atoms with van der Waals surface area (Å²) in [5.74, 6) is 6.15. The molecule has 0 heterocycles. The van der Waals surface area contributed by atoms with Crippen LogP contribution in [0.5, 0.6) is 0 Å². The minimum absolute atomic E-state index is 0.511. The summed E-state index contributed by atoms with van der Waals surface area (Å²) in [6.45, 7) is 5.20. The van der Waals surface area contributed by atoms with E-state index in [2.05, 4.69) is 25.7 Å². The molecular formula is C22H32O. The summed E-state index contributed by atoms with van der Waals surface area (Å²) in [5.41, 5.74) is 3.93. The second-order valence-electron chi connectivity index (χ2n) is 9.62. The van der Waals surface area contributed by atoms with E-state index in [1.54, 1.807) is 0 Å². The highest BCUT2D eigenvalue weighted by Gasteiger charge is 2.58. The molecule has 0 spiro atoms. The molecule has 0 bridgehead atoms. The standard InChI is InChI=1S/C22H32O/c1-21-12-4-8-19(21)17-9-10-18-16(7-5-15-23)6-3-13-22(18,2)20(17)11-14-21/h7,16-20H,3-4,6,8-14H2,1-2H3/t16?,17-,18?,19-,20-,21-,22-/m0/s1. The topological polar surface area (TPSA) is 17.1 Å². The van der Waals surface area contributed by atoms with E-state index in [0.29, 0.717) is 16.7 Å². The number of hydrogen-bond acceptors (Lipinski definition) is 1. The van der Waals surface area contributed by atoms with Crippen molar-refractivity contribution in [3.8, 4) is 0 Å². The predicted molar refractivity (Wildman–Crippen MR) is 93.6 cm³/mol. The molecule has 1 nitrogen and oxygen atoms in total. The Balaban J connectivity index is 1.64. The third kappa shape index (κ3) is 2.32. The van der Waals surface area contributed by atoms with Crippen LogP contribution in [-0.4, -0.2) is 5.94 Å². The van der Waals surface area contributed by atoms with Gasteiger partial charge in [-0.3, -0.25) is 0 Å². The average Bonchev–Trinajstić information content (AvgIpc) is 2.94. The summed E-state index contributed by atoms with van der Waals surface area (Å²) in [6.07, 6.45) is 16.3. The zero-order valence-corrected chi connectivity index (χ0v) is 14.9. The molecule has 23 heavy (non-hydrogen) atoms. The molecular weight excluding hydrogens is 280 g/mol. The Hall–Kier alpha value is -0.770. The molecule has 0 radical (unpaired) electrons. The number of fused-ring (bicyclic) bond motifs is 5. The van der Waals surface area contributed by atoms with Crippen LogP contribution in [0.4, 0.5) is 0 Å². The van der Waals surface area contributed by atoms with Gasteiger partial charge in [-0.2, -0.15) is 0 Å². The van der Waals surface area contributed by atoms with Crippen LogP contribution in [0.2, 0.25) is 0 Å². The van der Waals surface area contributed by atoms with E-state index >= 15 is 0 Å². The van der Waals surface area contributed by atoms with Gasteiger partial charge in [-0.05, 0) is 104 Å². The van der Waals surface area contributed by atoms with E-state index in [9.17, 15) is 4.79 Å². The molecule has 1 heteroatoms. The summed E-state index contributed by atoms with van der Waals surface area (Å²) in [4.78, 5) is 10.6. The third-order valence-electron chi connectivity index (χ3n) is 8.85. The summed E-state index contributed by atoms with van der Waals surface area (Å²) >= 11 is 0. The van der Waals surface area contributed by atoms with Crippen molar-refractivity contribution in [3.05, 3.63) is 11.8 Å². The number of rotatable bonds is 1. The molecule has 0 aromatic carbocycles. The van der Waals surface area contributed by atoms with Gasteiger partial charge in [0, 0.05) is 0 Å². The van der Waals surface area contributed by atoms with Gasteiger partial charge < -0.3 is 0 Å². The van der Waals surface area contributed by atoms with Crippen LogP contribution < -0.4 is 0 Å². The monoisotopic (exact) mass is 312 g/mol. The maximum Gasteiger partial charge on any atom is 0.176 e. The fourth-order valence-corrected chi connectivity index (χ4v) is 7.81. The Bertz CT molecular complexity index is 552. The molecule has 2 unspecified atom stereocenters. The van der Waals surface area contributed by atoms with Crippen molar-refractivity contribution in [1.82, 2.24) is 0 Å². The summed E-state index contributed by atoms with van der Waals surface area (Å²) < 4.78 is 0. The first-order valence-corrected chi connectivity index (χ1v) is 10.0. The van der Waals surface area contributed by atoms with E-state index < -0.39 is 0 Å². The van der Waals surface area contributed by atoms with Crippen molar-refractivity contribution in [2.24, 2.45) is 40.4 Å². The van der Waals surface area contributed by atoms with E-state index in [4.69, 9.17) is 0 Å². The third-order valence-corrected chi connectivity index (χ3v) is 8.85. The molecule has 0 aromatic rings. The molecule has 0 amide bonds. The predicted octanol–water partition coefficient (Wildman–Crippen LogP) is 5.58. The molecule has 0 N–H and O–H groups in total. The van der Waals surface area contributed by atoms with Crippen molar-refractivity contribution >= 4 is 5.94 Å². The first kappa shape index (κ1) is 15.7. The van der Waals surface area contributed by atoms with Crippen molar-refractivity contribution in [1.29, 1.82) is 0 Å². The highest BCUT2D eigenvalue weighted by molar-refractivity contribution is 5.43. The van der Waals surface area contributed by atoms with Gasteiger partial charge in [-0.25, -0.2) is 4.79 Å². The van der Waals surface area contributed by atoms with E-state index in [1.807, 2.05) is 5.94 Å². The van der Waals surface area contributed by atoms with Crippen molar-refractivity contribution in [3.63, 3.8) is 0 Å². The highest BCUT2D eigenvalue weighted by atomic mass is 16.1. The molecule has 0 aromatic heterocycles. The Morgan fingerprint density at radius 3 is 2.52 bits per heavy atom. The van der Waals surface area contributed by atoms with Crippen LogP contribution in [0, 0.1) is 40.4 Å².